The molecule has 0 aromatic heterocycles. The first-order valence-corrected chi connectivity index (χ1v) is 7.13. The lowest BCUT2D eigenvalue weighted by molar-refractivity contribution is 0.0986. The number of carbonyl (C=O) groups excluding carboxylic acids is 1. The summed E-state index contributed by atoms with van der Waals surface area (Å²) in [6, 6.07) is 18.5. The van der Waals surface area contributed by atoms with Crippen LogP contribution < -0.4 is 4.90 Å². The molecule has 106 valence electrons. The van der Waals surface area contributed by atoms with Crippen LogP contribution in [-0.4, -0.2) is 12.5 Å². The van der Waals surface area contributed by atoms with Crippen molar-refractivity contribution in [1.29, 1.82) is 5.26 Å². The molecule has 0 fully saturated rings. The summed E-state index contributed by atoms with van der Waals surface area (Å²) in [7, 11) is 0. The third-order valence-corrected chi connectivity index (χ3v) is 3.31. The van der Waals surface area contributed by atoms with E-state index in [1.807, 2.05) is 30.3 Å². The number of para-hydroxylation sites is 1. The van der Waals surface area contributed by atoms with Gasteiger partial charge in [-0.3, -0.25) is 4.79 Å². The number of anilines is 1. The number of nitriles is 1. The molecule has 3 heteroatoms. The quantitative estimate of drug-likeness (QED) is 0.829. The lowest BCUT2D eigenvalue weighted by Crippen LogP contribution is -2.31. The van der Waals surface area contributed by atoms with Crippen molar-refractivity contribution in [2.75, 3.05) is 11.4 Å². The fourth-order valence-corrected chi connectivity index (χ4v) is 2.12. The highest BCUT2D eigenvalue weighted by atomic mass is 16.2. The summed E-state index contributed by atoms with van der Waals surface area (Å²) in [4.78, 5) is 14.5. The van der Waals surface area contributed by atoms with Gasteiger partial charge in [0.1, 0.15) is 0 Å². The molecular formula is C18H18N2O. The SMILES string of the molecule is CCCCN(C(=O)c1ccc(C#N)cc1)c1ccccc1. The van der Waals surface area contributed by atoms with Gasteiger partial charge in [0.25, 0.3) is 5.91 Å². The molecule has 0 spiro atoms. The van der Waals surface area contributed by atoms with E-state index in [0.717, 1.165) is 18.5 Å². The third kappa shape index (κ3) is 3.70. The Hall–Kier alpha value is -2.60. The minimum absolute atomic E-state index is 0.0286. The van der Waals surface area contributed by atoms with E-state index >= 15 is 0 Å². The van der Waals surface area contributed by atoms with Crippen molar-refractivity contribution in [2.24, 2.45) is 0 Å². The zero-order valence-corrected chi connectivity index (χ0v) is 12.1. The van der Waals surface area contributed by atoms with Crippen LogP contribution in [0.4, 0.5) is 5.69 Å². The second kappa shape index (κ2) is 7.25. The van der Waals surface area contributed by atoms with Crippen LogP contribution in [-0.2, 0) is 0 Å². The Labute approximate surface area is 125 Å². The van der Waals surface area contributed by atoms with E-state index < -0.39 is 0 Å². The summed E-state index contributed by atoms with van der Waals surface area (Å²) in [6.45, 7) is 2.80. The molecule has 0 saturated carbocycles. The molecule has 0 N–H and O–H groups in total. The number of nitrogens with zero attached hydrogens (tertiary/aromatic N) is 2. The number of unbranched alkanes of at least 4 members (excludes halogenated alkanes) is 1. The molecular weight excluding hydrogens is 260 g/mol. The molecule has 2 rings (SSSR count). The van der Waals surface area contributed by atoms with Crippen molar-refractivity contribution in [2.45, 2.75) is 19.8 Å². The third-order valence-electron chi connectivity index (χ3n) is 3.31. The summed E-state index contributed by atoms with van der Waals surface area (Å²) >= 11 is 0. The lowest BCUT2D eigenvalue weighted by atomic mass is 10.1. The van der Waals surface area contributed by atoms with Gasteiger partial charge in [-0.15, -0.1) is 0 Å². The first-order chi connectivity index (χ1) is 10.3. The van der Waals surface area contributed by atoms with Crippen molar-refractivity contribution >= 4 is 11.6 Å². The number of benzene rings is 2. The number of rotatable bonds is 5. The summed E-state index contributed by atoms with van der Waals surface area (Å²) in [5.74, 6) is -0.0286. The zero-order chi connectivity index (χ0) is 15.1. The van der Waals surface area contributed by atoms with Crippen LogP contribution in [0.5, 0.6) is 0 Å². The molecule has 3 nitrogen and oxygen atoms in total. The number of amides is 1. The van der Waals surface area contributed by atoms with Gasteiger partial charge >= 0.3 is 0 Å². The standard InChI is InChI=1S/C18H18N2O/c1-2-3-13-20(17-7-5-4-6-8-17)18(21)16-11-9-15(14-19)10-12-16/h4-12H,2-3,13H2,1H3. The molecule has 0 bridgehead atoms. The van der Waals surface area contributed by atoms with Crippen molar-refractivity contribution < 1.29 is 4.79 Å². The maximum absolute atomic E-state index is 12.7. The fraction of sp³-hybridized carbons (Fsp3) is 0.222. The van der Waals surface area contributed by atoms with Crippen LogP contribution in [0.25, 0.3) is 0 Å². The Bertz CT molecular complexity index is 627. The molecule has 2 aromatic rings. The number of carbonyl (C=O) groups is 1. The smallest absolute Gasteiger partial charge is 0.258 e. The maximum Gasteiger partial charge on any atom is 0.258 e. The van der Waals surface area contributed by atoms with E-state index in [-0.39, 0.29) is 5.91 Å². The van der Waals surface area contributed by atoms with Gasteiger partial charge in [-0.25, -0.2) is 0 Å². The molecule has 0 unspecified atom stereocenters. The maximum atomic E-state index is 12.7. The Balaban J connectivity index is 2.27. The van der Waals surface area contributed by atoms with E-state index in [0.29, 0.717) is 17.7 Å². The summed E-state index contributed by atoms with van der Waals surface area (Å²) in [5, 5.41) is 8.83. The van der Waals surface area contributed by atoms with Gasteiger partial charge in [0.05, 0.1) is 11.6 Å². The average molecular weight is 278 g/mol. The predicted octanol–water partition coefficient (Wildman–Crippen LogP) is 4.01. The van der Waals surface area contributed by atoms with Gasteiger partial charge in [-0.05, 0) is 42.8 Å². The van der Waals surface area contributed by atoms with Crippen LogP contribution in [0.15, 0.2) is 54.6 Å². The molecule has 21 heavy (non-hydrogen) atoms. The second-order valence-electron chi connectivity index (χ2n) is 4.84. The van der Waals surface area contributed by atoms with Crippen molar-refractivity contribution in [3.63, 3.8) is 0 Å². The second-order valence-corrected chi connectivity index (χ2v) is 4.84. The highest BCUT2D eigenvalue weighted by Crippen LogP contribution is 2.18. The van der Waals surface area contributed by atoms with E-state index in [1.54, 1.807) is 29.2 Å². The predicted molar refractivity (Wildman–Crippen MR) is 84.2 cm³/mol. The zero-order valence-electron chi connectivity index (χ0n) is 12.1. The molecule has 0 heterocycles. The van der Waals surface area contributed by atoms with Gasteiger partial charge in [0, 0.05) is 17.8 Å². The highest BCUT2D eigenvalue weighted by molar-refractivity contribution is 6.06. The van der Waals surface area contributed by atoms with Crippen molar-refractivity contribution in [3.05, 3.63) is 65.7 Å². The molecule has 1 amide bonds. The first-order valence-electron chi connectivity index (χ1n) is 7.13. The normalized spacial score (nSPS) is 9.90. The van der Waals surface area contributed by atoms with Gasteiger partial charge in [0.15, 0.2) is 0 Å². The number of hydrogen-bond acceptors (Lipinski definition) is 2. The Kier molecular flexibility index (Phi) is 5.11. The molecule has 2 aromatic carbocycles. The van der Waals surface area contributed by atoms with E-state index in [2.05, 4.69) is 13.0 Å². The van der Waals surface area contributed by atoms with Crippen molar-refractivity contribution in [1.82, 2.24) is 0 Å². The lowest BCUT2D eigenvalue weighted by Gasteiger charge is -2.22. The van der Waals surface area contributed by atoms with Crippen LogP contribution in [0.1, 0.15) is 35.7 Å². The minimum atomic E-state index is -0.0286. The van der Waals surface area contributed by atoms with E-state index in [9.17, 15) is 4.79 Å². The highest BCUT2D eigenvalue weighted by Gasteiger charge is 2.16. The average Bonchev–Trinajstić information content (AvgIpc) is 2.56. The fourth-order valence-electron chi connectivity index (χ4n) is 2.12. The molecule has 0 radical (unpaired) electrons. The Morgan fingerprint density at radius 2 is 1.76 bits per heavy atom. The summed E-state index contributed by atoms with van der Waals surface area (Å²) < 4.78 is 0. The molecule has 0 aliphatic carbocycles. The summed E-state index contributed by atoms with van der Waals surface area (Å²) in [5.41, 5.74) is 2.07. The molecule has 0 aliphatic rings. The van der Waals surface area contributed by atoms with Crippen LogP contribution in [0.3, 0.4) is 0 Å². The largest absolute Gasteiger partial charge is 0.308 e. The van der Waals surface area contributed by atoms with Gasteiger partial charge in [-0.1, -0.05) is 31.5 Å². The van der Waals surface area contributed by atoms with Crippen LogP contribution in [0, 0.1) is 11.3 Å². The number of hydrogen-bond donors (Lipinski definition) is 0. The topological polar surface area (TPSA) is 44.1 Å². The van der Waals surface area contributed by atoms with Gasteiger partial charge in [-0.2, -0.15) is 5.26 Å². The Morgan fingerprint density at radius 3 is 2.33 bits per heavy atom. The summed E-state index contributed by atoms with van der Waals surface area (Å²) in [6.07, 6.45) is 1.99. The molecule has 0 saturated heterocycles. The van der Waals surface area contributed by atoms with E-state index in [4.69, 9.17) is 5.26 Å². The molecule has 0 aliphatic heterocycles. The van der Waals surface area contributed by atoms with Crippen LogP contribution in [0.2, 0.25) is 0 Å². The van der Waals surface area contributed by atoms with Gasteiger partial charge < -0.3 is 4.90 Å². The van der Waals surface area contributed by atoms with E-state index in [1.165, 1.54) is 0 Å². The van der Waals surface area contributed by atoms with Crippen molar-refractivity contribution in [3.8, 4) is 6.07 Å². The molecule has 0 atom stereocenters. The van der Waals surface area contributed by atoms with Crippen LogP contribution >= 0.6 is 0 Å². The first kappa shape index (κ1) is 14.8. The monoisotopic (exact) mass is 278 g/mol. The minimum Gasteiger partial charge on any atom is -0.308 e. The Morgan fingerprint density at radius 1 is 1.10 bits per heavy atom. The van der Waals surface area contributed by atoms with Gasteiger partial charge in [0.2, 0.25) is 0 Å².